The second kappa shape index (κ2) is 8.61. The van der Waals surface area contributed by atoms with Crippen molar-refractivity contribution in [1.29, 1.82) is 0 Å². The molecule has 1 fully saturated rings. The largest absolute Gasteiger partial charge is 0.491 e. The monoisotopic (exact) mass is 403 g/mol. The van der Waals surface area contributed by atoms with E-state index in [1.807, 2.05) is 38.1 Å². The van der Waals surface area contributed by atoms with Gasteiger partial charge in [-0.05, 0) is 57.0 Å². The predicted molar refractivity (Wildman–Crippen MR) is 115 cm³/mol. The summed E-state index contributed by atoms with van der Waals surface area (Å²) in [5, 5.41) is 0. The Hall–Kier alpha value is -3.28. The Bertz CT molecular complexity index is 1080. The van der Waals surface area contributed by atoms with Gasteiger partial charge in [-0.15, -0.1) is 0 Å². The maximum Gasteiger partial charge on any atom is 0.253 e. The number of carbonyl (C=O) groups is 2. The summed E-state index contributed by atoms with van der Waals surface area (Å²) in [4.78, 5) is 36.5. The van der Waals surface area contributed by atoms with E-state index in [1.165, 1.54) is 0 Å². The number of likely N-dealkylation sites (tertiary alicyclic amines) is 1. The molecule has 1 atom stereocenters. The summed E-state index contributed by atoms with van der Waals surface area (Å²) in [7, 11) is 0. The standard InChI is InChI=1S/C24H25N3O3/c1-16(2)30-20-7-3-5-17(13-20)23(28)19-6-4-12-27(15-19)24(29)18-8-9-21-22(14-18)26-11-10-25-21/h3,5,7-11,13-14,16,19H,4,6,12,15H2,1-2H3/t19-/m1/s1. The molecule has 0 N–H and O–H groups in total. The zero-order valence-corrected chi connectivity index (χ0v) is 17.2. The number of carbonyl (C=O) groups excluding carboxylic acids is 2. The summed E-state index contributed by atoms with van der Waals surface area (Å²) in [6.07, 6.45) is 4.87. The fourth-order valence-electron chi connectivity index (χ4n) is 3.89. The molecule has 0 aliphatic carbocycles. The normalized spacial score (nSPS) is 16.6. The van der Waals surface area contributed by atoms with Gasteiger partial charge >= 0.3 is 0 Å². The molecule has 0 spiro atoms. The highest BCUT2D eigenvalue weighted by molar-refractivity contribution is 6.00. The fraction of sp³-hybridized carbons (Fsp3) is 0.333. The van der Waals surface area contributed by atoms with Gasteiger partial charge in [-0.1, -0.05) is 12.1 Å². The Morgan fingerprint density at radius 1 is 1.03 bits per heavy atom. The fourth-order valence-corrected chi connectivity index (χ4v) is 3.89. The number of ketones is 1. The molecule has 0 bridgehead atoms. The van der Waals surface area contributed by atoms with Crippen molar-refractivity contribution >= 4 is 22.7 Å². The first-order valence-electron chi connectivity index (χ1n) is 10.3. The summed E-state index contributed by atoms with van der Waals surface area (Å²) >= 11 is 0. The maximum atomic E-state index is 13.1. The van der Waals surface area contributed by atoms with Crippen molar-refractivity contribution in [3.05, 3.63) is 66.0 Å². The minimum atomic E-state index is -0.211. The van der Waals surface area contributed by atoms with Crippen LogP contribution in [0, 0.1) is 5.92 Å². The third-order valence-corrected chi connectivity index (χ3v) is 5.29. The summed E-state index contributed by atoms with van der Waals surface area (Å²) in [5.41, 5.74) is 2.65. The minimum Gasteiger partial charge on any atom is -0.491 e. The average Bonchev–Trinajstić information content (AvgIpc) is 2.77. The Morgan fingerprint density at radius 2 is 1.83 bits per heavy atom. The first-order valence-corrected chi connectivity index (χ1v) is 10.3. The van der Waals surface area contributed by atoms with Gasteiger partial charge in [0.05, 0.1) is 17.1 Å². The first kappa shape index (κ1) is 20.0. The van der Waals surface area contributed by atoms with Crippen molar-refractivity contribution in [3.63, 3.8) is 0 Å². The van der Waals surface area contributed by atoms with Crippen LogP contribution in [0.4, 0.5) is 0 Å². The maximum absolute atomic E-state index is 13.1. The second-order valence-corrected chi connectivity index (χ2v) is 7.91. The molecule has 0 saturated carbocycles. The van der Waals surface area contributed by atoms with E-state index in [2.05, 4.69) is 9.97 Å². The molecule has 3 aromatic rings. The smallest absolute Gasteiger partial charge is 0.253 e. The van der Waals surface area contributed by atoms with Crippen molar-refractivity contribution in [3.8, 4) is 5.75 Å². The number of amides is 1. The highest BCUT2D eigenvalue weighted by Gasteiger charge is 2.29. The highest BCUT2D eigenvalue weighted by Crippen LogP contribution is 2.25. The molecule has 4 rings (SSSR count). The van der Waals surface area contributed by atoms with Crippen LogP contribution in [0.25, 0.3) is 11.0 Å². The van der Waals surface area contributed by atoms with Crippen LogP contribution in [0.15, 0.2) is 54.9 Å². The lowest BCUT2D eigenvalue weighted by molar-refractivity contribution is 0.0637. The lowest BCUT2D eigenvalue weighted by atomic mass is 9.89. The van der Waals surface area contributed by atoms with Crippen LogP contribution in [-0.2, 0) is 0 Å². The van der Waals surface area contributed by atoms with Gasteiger partial charge in [-0.2, -0.15) is 0 Å². The molecule has 30 heavy (non-hydrogen) atoms. The van der Waals surface area contributed by atoms with Gasteiger partial charge in [0.25, 0.3) is 5.91 Å². The van der Waals surface area contributed by atoms with Crippen LogP contribution in [0.1, 0.15) is 47.4 Å². The van der Waals surface area contributed by atoms with Gasteiger partial charge in [0.15, 0.2) is 5.78 Å². The SMILES string of the molecule is CC(C)Oc1cccc(C(=O)[C@@H]2CCCN(C(=O)c3ccc4nccnc4c3)C2)c1. The molecule has 6 nitrogen and oxygen atoms in total. The molecule has 2 aromatic carbocycles. The van der Waals surface area contributed by atoms with Crippen LogP contribution >= 0.6 is 0 Å². The molecule has 0 radical (unpaired) electrons. The number of hydrogen-bond acceptors (Lipinski definition) is 5. The molecular formula is C24H25N3O3. The molecule has 1 aliphatic heterocycles. The van der Waals surface area contributed by atoms with Gasteiger partial charge in [0.2, 0.25) is 0 Å². The molecule has 2 heterocycles. The molecule has 1 aliphatic rings. The van der Waals surface area contributed by atoms with Crippen molar-refractivity contribution in [2.24, 2.45) is 5.92 Å². The topological polar surface area (TPSA) is 72.4 Å². The summed E-state index contributed by atoms with van der Waals surface area (Å²) < 4.78 is 5.72. The molecule has 1 aromatic heterocycles. The summed E-state index contributed by atoms with van der Waals surface area (Å²) in [6, 6.07) is 12.7. The highest BCUT2D eigenvalue weighted by atomic mass is 16.5. The van der Waals surface area contributed by atoms with E-state index in [1.54, 1.807) is 35.5 Å². The van der Waals surface area contributed by atoms with Crippen molar-refractivity contribution in [2.75, 3.05) is 13.1 Å². The number of aromatic nitrogens is 2. The quantitative estimate of drug-likeness (QED) is 0.599. The molecular weight excluding hydrogens is 378 g/mol. The third kappa shape index (κ3) is 4.32. The lowest BCUT2D eigenvalue weighted by Gasteiger charge is -2.32. The Kier molecular flexibility index (Phi) is 5.74. The Balaban J connectivity index is 1.49. The van der Waals surface area contributed by atoms with Crippen molar-refractivity contribution in [1.82, 2.24) is 14.9 Å². The number of nitrogens with zero attached hydrogens (tertiary/aromatic N) is 3. The average molecular weight is 403 g/mol. The van der Waals surface area contributed by atoms with Gasteiger partial charge in [-0.3, -0.25) is 19.6 Å². The van der Waals surface area contributed by atoms with Crippen molar-refractivity contribution < 1.29 is 14.3 Å². The predicted octanol–water partition coefficient (Wildman–Crippen LogP) is 4.15. The van der Waals surface area contributed by atoms with Gasteiger partial charge in [0, 0.05) is 42.5 Å². The third-order valence-electron chi connectivity index (χ3n) is 5.29. The van der Waals surface area contributed by atoms with Crippen molar-refractivity contribution in [2.45, 2.75) is 32.8 Å². The zero-order valence-electron chi connectivity index (χ0n) is 17.2. The number of benzene rings is 2. The molecule has 0 unspecified atom stereocenters. The van der Waals surface area contributed by atoms with E-state index < -0.39 is 0 Å². The van der Waals surface area contributed by atoms with Gasteiger partial charge < -0.3 is 9.64 Å². The number of hydrogen-bond donors (Lipinski definition) is 0. The molecule has 1 saturated heterocycles. The van der Waals surface area contributed by atoms with Gasteiger partial charge in [-0.25, -0.2) is 0 Å². The summed E-state index contributed by atoms with van der Waals surface area (Å²) in [6.45, 7) is 4.98. The first-order chi connectivity index (χ1) is 14.5. The van der Waals surface area contributed by atoms with Gasteiger partial charge in [0.1, 0.15) is 5.75 Å². The Morgan fingerprint density at radius 3 is 2.63 bits per heavy atom. The van der Waals surface area contributed by atoms with Crippen LogP contribution in [0.3, 0.4) is 0 Å². The summed E-state index contributed by atoms with van der Waals surface area (Å²) in [5.74, 6) is 0.470. The van der Waals surface area contributed by atoms with Crippen LogP contribution in [-0.4, -0.2) is 45.8 Å². The molecule has 1 amide bonds. The van der Waals surface area contributed by atoms with Crippen LogP contribution in [0.2, 0.25) is 0 Å². The number of piperidine rings is 1. The van der Waals surface area contributed by atoms with E-state index >= 15 is 0 Å². The van der Waals surface area contributed by atoms with E-state index in [0.717, 1.165) is 18.4 Å². The molecule has 6 heteroatoms. The van der Waals surface area contributed by atoms with Crippen LogP contribution in [0.5, 0.6) is 5.75 Å². The lowest BCUT2D eigenvalue weighted by Crippen LogP contribution is -2.42. The molecule has 154 valence electrons. The zero-order chi connectivity index (χ0) is 21.1. The minimum absolute atomic E-state index is 0.0461. The number of ether oxygens (including phenoxy) is 1. The number of Topliss-reactive ketones (excluding diaryl/α,β-unsaturated/α-hetero) is 1. The van der Waals surface area contributed by atoms with E-state index in [-0.39, 0.29) is 23.7 Å². The second-order valence-electron chi connectivity index (χ2n) is 7.91. The van der Waals surface area contributed by atoms with E-state index in [4.69, 9.17) is 4.74 Å². The van der Waals surface area contributed by atoms with E-state index in [0.29, 0.717) is 35.5 Å². The number of fused-ring (bicyclic) bond motifs is 1. The number of rotatable bonds is 5. The Labute approximate surface area is 175 Å². The van der Waals surface area contributed by atoms with Crippen LogP contribution < -0.4 is 4.74 Å². The van der Waals surface area contributed by atoms with E-state index in [9.17, 15) is 9.59 Å².